The second-order valence-corrected chi connectivity index (χ2v) is 9.80. The number of rotatable bonds is 4. The number of carbonyl (C=O) groups excluding carboxylic acids is 2. The van der Waals surface area contributed by atoms with Crippen molar-refractivity contribution in [2.24, 2.45) is 28.9 Å². The summed E-state index contributed by atoms with van der Waals surface area (Å²) in [5.41, 5.74) is 4.26. The summed E-state index contributed by atoms with van der Waals surface area (Å²) in [6, 6.07) is 0.555. The number of aromatic nitrogens is 2. The van der Waals surface area contributed by atoms with E-state index in [1.807, 2.05) is 0 Å². The van der Waals surface area contributed by atoms with Crippen LogP contribution in [0.2, 0.25) is 0 Å². The minimum absolute atomic E-state index is 0.113. The summed E-state index contributed by atoms with van der Waals surface area (Å²) in [6.07, 6.45) is 0.596. The maximum absolute atomic E-state index is 12.9. The van der Waals surface area contributed by atoms with Crippen molar-refractivity contribution in [2.45, 2.75) is 56.8 Å². The molecule has 4 bridgehead atoms. The quantitative estimate of drug-likeness (QED) is 0.726. The highest BCUT2D eigenvalue weighted by molar-refractivity contribution is 5.81. The lowest BCUT2D eigenvalue weighted by Crippen LogP contribution is -2.59. The van der Waals surface area contributed by atoms with Gasteiger partial charge in [0, 0.05) is 25.3 Å². The predicted molar refractivity (Wildman–Crippen MR) is 106 cm³/mol. The number of hydrogen-bond acceptors (Lipinski definition) is 6. The van der Waals surface area contributed by atoms with E-state index in [4.69, 9.17) is 10.5 Å². The van der Waals surface area contributed by atoms with Gasteiger partial charge < -0.3 is 20.7 Å². The summed E-state index contributed by atoms with van der Waals surface area (Å²) in [6.45, 7) is 0.736. The van der Waals surface area contributed by atoms with Crippen LogP contribution in [-0.2, 0) is 15.7 Å². The van der Waals surface area contributed by atoms with Crippen molar-refractivity contribution >= 4 is 17.9 Å². The van der Waals surface area contributed by atoms with Crippen LogP contribution in [0.5, 0.6) is 0 Å². The molecule has 1 saturated heterocycles. The minimum atomic E-state index is -4.55. The summed E-state index contributed by atoms with van der Waals surface area (Å²) in [7, 11) is 0. The lowest BCUT2D eigenvalue weighted by atomic mass is 9.48. The molecule has 1 aliphatic heterocycles. The maximum Gasteiger partial charge on any atom is 0.433 e. The SMILES string of the molecule is NC(=O)C12CC3CC(C1)C(OC(=O)N1CCC(Nc4nccc(C(F)(F)F)n4)C1)C(C3)C2. The highest BCUT2D eigenvalue weighted by Gasteiger charge is 2.59. The number of primary amides is 1. The van der Waals surface area contributed by atoms with Crippen LogP contribution in [-0.4, -0.2) is 52.1 Å². The number of nitrogens with zero attached hydrogens (tertiary/aromatic N) is 3. The molecule has 5 aliphatic rings. The molecule has 4 aliphatic carbocycles. The first-order chi connectivity index (χ1) is 15.1. The zero-order chi connectivity index (χ0) is 22.7. The molecule has 1 aromatic rings. The van der Waals surface area contributed by atoms with Gasteiger partial charge in [0.25, 0.3) is 0 Å². The van der Waals surface area contributed by atoms with Gasteiger partial charge in [0.1, 0.15) is 11.8 Å². The van der Waals surface area contributed by atoms with E-state index in [1.54, 1.807) is 4.90 Å². The molecule has 4 saturated carbocycles. The van der Waals surface area contributed by atoms with Crippen molar-refractivity contribution in [2.75, 3.05) is 18.4 Å². The lowest BCUT2D eigenvalue weighted by Gasteiger charge is -2.58. The van der Waals surface area contributed by atoms with Crippen molar-refractivity contribution in [1.82, 2.24) is 14.9 Å². The van der Waals surface area contributed by atoms with Crippen molar-refractivity contribution in [3.05, 3.63) is 18.0 Å². The van der Waals surface area contributed by atoms with Gasteiger partial charge in [0.2, 0.25) is 11.9 Å². The van der Waals surface area contributed by atoms with Gasteiger partial charge in [-0.2, -0.15) is 13.2 Å². The fourth-order valence-corrected chi connectivity index (χ4v) is 6.48. The molecule has 11 heteroatoms. The second kappa shape index (κ2) is 7.48. The number of ether oxygens (including phenoxy) is 1. The Bertz CT molecular complexity index is 910. The highest BCUT2D eigenvalue weighted by Crippen LogP contribution is 2.60. The molecule has 2 amide bonds. The average molecular weight is 453 g/mol. The van der Waals surface area contributed by atoms with Crippen LogP contribution >= 0.6 is 0 Å². The van der Waals surface area contributed by atoms with Gasteiger partial charge in [-0.15, -0.1) is 0 Å². The van der Waals surface area contributed by atoms with Crippen LogP contribution in [0.25, 0.3) is 0 Å². The number of nitrogens with one attached hydrogen (secondary N) is 1. The highest BCUT2D eigenvalue weighted by atomic mass is 19.4. The third-order valence-electron chi connectivity index (χ3n) is 7.67. The van der Waals surface area contributed by atoms with Crippen molar-refractivity contribution < 1.29 is 27.5 Å². The van der Waals surface area contributed by atoms with E-state index in [0.29, 0.717) is 38.3 Å². The Morgan fingerprint density at radius 2 is 1.94 bits per heavy atom. The molecule has 2 heterocycles. The molecule has 8 nitrogen and oxygen atoms in total. The van der Waals surface area contributed by atoms with Crippen LogP contribution in [0.4, 0.5) is 23.9 Å². The van der Waals surface area contributed by atoms with Crippen LogP contribution in [0.3, 0.4) is 0 Å². The first kappa shape index (κ1) is 21.3. The van der Waals surface area contributed by atoms with Gasteiger partial charge in [0.15, 0.2) is 0 Å². The van der Waals surface area contributed by atoms with Gasteiger partial charge in [-0.25, -0.2) is 14.8 Å². The molecule has 32 heavy (non-hydrogen) atoms. The van der Waals surface area contributed by atoms with E-state index in [0.717, 1.165) is 31.5 Å². The van der Waals surface area contributed by atoms with Crippen LogP contribution in [0, 0.1) is 23.2 Å². The number of hydrogen-bond donors (Lipinski definition) is 2. The topological polar surface area (TPSA) is 110 Å². The zero-order valence-corrected chi connectivity index (χ0v) is 17.5. The molecule has 3 unspecified atom stereocenters. The van der Waals surface area contributed by atoms with Crippen LogP contribution < -0.4 is 11.1 Å². The molecule has 0 aromatic carbocycles. The Kier molecular flexibility index (Phi) is 4.97. The van der Waals surface area contributed by atoms with Gasteiger partial charge in [-0.05, 0) is 62.3 Å². The molecule has 0 spiro atoms. The van der Waals surface area contributed by atoms with Gasteiger partial charge in [-0.1, -0.05) is 0 Å². The summed E-state index contributed by atoms with van der Waals surface area (Å²) in [5, 5.41) is 2.89. The van der Waals surface area contributed by atoms with E-state index >= 15 is 0 Å². The number of amides is 2. The second-order valence-electron chi connectivity index (χ2n) is 9.80. The fraction of sp³-hybridized carbons (Fsp3) is 0.714. The van der Waals surface area contributed by atoms with E-state index in [1.165, 1.54) is 0 Å². The molecule has 174 valence electrons. The third-order valence-corrected chi connectivity index (χ3v) is 7.67. The van der Waals surface area contributed by atoms with Crippen molar-refractivity contribution in [3.63, 3.8) is 0 Å². The molecular formula is C21H26F3N5O3. The number of alkyl halides is 3. The molecule has 5 fully saturated rings. The summed E-state index contributed by atoms with van der Waals surface area (Å²) in [5.74, 6) is 0.452. The molecule has 1 aromatic heterocycles. The molecule has 6 rings (SSSR count). The summed E-state index contributed by atoms with van der Waals surface area (Å²) < 4.78 is 44.5. The maximum atomic E-state index is 12.9. The zero-order valence-electron chi connectivity index (χ0n) is 17.5. The number of anilines is 1. The van der Waals surface area contributed by atoms with E-state index in [9.17, 15) is 22.8 Å². The molecule has 3 N–H and O–H groups in total. The van der Waals surface area contributed by atoms with Crippen molar-refractivity contribution in [1.29, 1.82) is 0 Å². The lowest BCUT2D eigenvalue weighted by molar-refractivity contribution is -0.161. The standard InChI is InChI=1S/C21H26F3N5O3/c22-21(23,24)15-1-3-26-18(28-15)27-14-2-4-29(10-14)19(31)32-16-12-5-11-6-13(16)9-20(7-11,8-12)17(25)30/h1,3,11-14,16H,2,4-10H2,(H2,25,30)(H,26,27,28). The van der Waals surface area contributed by atoms with Crippen LogP contribution in [0.15, 0.2) is 12.3 Å². The Labute approximate surface area is 183 Å². The first-order valence-corrected chi connectivity index (χ1v) is 11.1. The first-order valence-electron chi connectivity index (χ1n) is 11.1. The monoisotopic (exact) mass is 453 g/mol. The number of likely N-dealkylation sites (tertiary alicyclic amines) is 1. The van der Waals surface area contributed by atoms with Crippen LogP contribution in [0.1, 0.15) is 44.2 Å². The molecule has 3 atom stereocenters. The summed E-state index contributed by atoms with van der Waals surface area (Å²) >= 11 is 0. The Morgan fingerprint density at radius 1 is 1.22 bits per heavy atom. The normalized spacial score (nSPS) is 35.7. The average Bonchev–Trinajstić information content (AvgIpc) is 3.18. The smallest absolute Gasteiger partial charge is 0.433 e. The Morgan fingerprint density at radius 3 is 2.59 bits per heavy atom. The largest absolute Gasteiger partial charge is 0.446 e. The van der Waals surface area contributed by atoms with Gasteiger partial charge in [-0.3, -0.25) is 4.79 Å². The third kappa shape index (κ3) is 3.75. The fourth-order valence-electron chi connectivity index (χ4n) is 6.48. The predicted octanol–water partition coefficient (Wildman–Crippen LogP) is 2.80. The summed E-state index contributed by atoms with van der Waals surface area (Å²) in [4.78, 5) is 33.9. The molecule has 0 radical (unpaired) electrons. The van der Waals surface area contributed by atoms with E-state index in [2.05, 4.69) is 15.3 Å². The minimum Gasteiger partial charge on any atom is -0.446 e. The Hall–Kier alpha value is -2.59. The van der Waals surface area contributed by atoms with E-state index < -0.39 is 23.4 Å². The molecular weight excluding hydrogens is 427 g/mol. The van der Waals surface area contributed by atoms with Gasteiger partial charge in [0.05, 0.1) is 5.41 Å². The number of carbonyl (C=O) groups is 2. The Balaban J connectivity index is 1.18. The van der Waals surface area contributed by atoms with E-state index in [-0.39, 0.29) is 35.8 Å². The number of halogens is 3. The van der Waals surface area contributed by atoms with Gasteiger partial charge >= 0.3 is 12.3 Å². The van der Waals surface area contributed by atoms with Crippen molar-refractivity contribution in [3.8, 4) is 0 Å². The number of nitrogens with two attached hydrogens (primary N) is 1.